The Balaban J connectivity index is 2.50. The molecule has 1 fully saturated rings. The fourth-order valence-corrected chi connectivity index (χ4v) is 2.60. The Bertz CT molecular complexity index is 410. The molecule has 0 aromatic carbocycles. The number of hydrogen-bond acceptors (Lipinski definition) is 2. The summed E-state index contributed by atoms with van der Waals surface area (Å²) in [5.74, 6) is 2.26. The molecule has 1 N–H and O–H groups in total. The van der Waals surface area contributed by atoms with E-state index in [-0.39, 0.29) is 5.54 Å². The first-order valence-corrected chi connectivity index (χ1v) is 6.03. The van der Waals surface area contributed by atoms with Gasteiger partial charge in [0, 0.05) is 11.5 Å². The SMILES string of the molecule is CC(C)c1n[nH]c(=S)n1C(C)(C)C1CC1. The molecule has 0 atom stereocenters. The topological polar surface area (TPSA) is 33.6 Å². The van der Waals surface area contributed by atoms with Crippen LogP contribution in [0.1, 0.15) is 52.3 Å². The van der Waals surface area contributed by atoms with Crippen molar-refractivity contribution in [3.8, 4) is 0 Å². The summed E-state index contributed by atoms with van der Waals surface area (Å²) in [5, 5.41) is 7.26. The first-order valence-electron chi connectivity index (χ1n) is 5.62. The summed E-state index contributed by atoms with van der Waals surface area (Å²) >= 11 is 5.33. The maximum atomic E-state index is 5.33. The van der Waals surface area contributed by atoms with Crippen molar-refractivity contribution >= 4 is 12.2 Å². The minimum Gasteiger partial charge on any atom is -0.298 e. The van der Waals surface area contributed by atoms with Gasteiger partial charge in [0.1, 0.15) is 5.82 Å². The zero-order valence-corrected chi connectivity index (χ0v) is 10.7. The monoisotopic (exact) mass is 225 g/mol. The molecule has 0 spiro atoms. The van der Waals surface area contributed by atoms with Crippen molar-refractivity contribution in [2.75, 3.05) is 0 Å². The van der Waals surface area contributed by atoms with Crippen LogP contribution in [-0.2, 0) is 5.54 Å². The second-order valence-electron chi connectivity index (χ2n) is 5.31. The molecule has 4 heteroatoms. The first-order chi connectivity index (χ1) is 6.94. The molecule has 1 aliphatic carbocycles. The summed E-state index contributed by atoms with van der Waals surface area (Å²) in [6.45, 7) is 8.85. The Hall–Kier alpha value is -0.640. The number of rotatable bonds is 3. The smallest absolute Gasteiger partial charge is 0.195 e. The molecule has 84 valence electrons. The molecule has 1 heterocycles. The summed E-state index contributed by atoms with van der Waals surface area (Å²) in [6.07, 6.45) is 2.63. The van der Waals surface area contributed by atoms with Gasteiger partial charge in [-0.05, 0) is 44.8 Å². The van der Waals surface area contributed by atoms with Crippen LogP contribution in [0.5, 0.6) is 0 Å². The predicted octanol–water partition coefficient (Wildman–Crippen LogP) is 3.21. The Morgan fingerprint density at radius 2 is 2.07 bits per heavy atom. The zero-order valence-electron chi connectivity index (χ0n) is 9.87. The Morgan fingerprint density at radius 1 is 1.47 bits per heavy atom. The van der Waals surface area contributed by atoms with Crippen LogP contribution in [0.15, 0.2) is 0 Å². The maximum absolute atomic E-state index is 5.33. The number of nitrogens with zero attached hydrogens (tertiary/aromatic N) is 2. The quantitative estimate of drug-likeness (QED) is 0.801. The zero-order chi connectivity index (χ0) is 11.2. The van der Waals surface area contributed by atoms with Gasteiger partial charge in [0.15, 0.2) is 4.77 Å². The Labute approximate surface area is 95.9 Å². The van der Waals surface area contributed by atoms with Gasteiger partial charge in [-0.2, -0.15) is 5.10 Å². The van der Waals surface area contributed by atoms with Crippen LogP contribution < -0.4 is 0 Å². The maximum Gasteiger partial charge on any atom is 0.195 e. The van der Waals surface area contributed by atoms with Crippen LogP contribution in [0.2, 0.25) is 0 Å². The lowest BCUT2D eigenvalue weighted by atomic mass is 9.97. The average Bonchev–Trinajstić information content (AvgIpc) is 2.89. The minimum absolute atomic E-state index is 0.115. The van der Waals surface area contributed by atoms with Gasteiger partial charge in [-0.25, -0.2) is 0 Å². The number of aromatic nitrogens is 3. The van der Waals surface area contributed by atoms with Gasteiger partial charge >= 0.3 is 0 Å². The van der Waals surface area contributed by atoms with Crippen LogP contribution in [0, 0.1) is 10.7 Å². The number of H-pyrrole nitrogens is 1. The number of nitrogens with one attached hydrogen (secondary N) is 1. The van der Waals surface area contributed by atoms with Gasteiger partial charge in [-0.1, -0.05) is 13.8 Å². The molecule has 0 aliphatic heterocycles. The highest BCUT2D eigenvalue weighted by Gasteiger charge is 2.41. The van der Waals surface area contributed by atoms with Gasteiger partial charge in [0.25, 0.3) is 0 Å². The van der Waals surface area contributed by atoms with E-state index in [2.05, 4.69) is 42.5 Å². The van der Waals surface area contributed by atoms with Gasteiger partial charge in [0.2, 0.25) is 0 Å². The lowest BCUT2D eigenvalue weighted by Gasteiger charge is -2.28. The molecule has 1 aromatic heterocycles. The predicted molar refractivity (Wildman–Crippen MR) is 63.5 cm³/mol. The molecule has 2 rings (SSSR count). The molecule has 0 saturated heterocycles. The van der Waals surface area contributed by atoms with Gasteiger partial charge < -0.3 is 0 Å². The van der Waals surface area contributed by atoms with E-state index < -0.39 is 0 Å². The van der Waals surface area contributed by atoms with Crippen LogP contribution in [0.3, 0.4) is 0 Å². The first kappa shape index (κ1) is 10.9. The van der Waals surface area contributed by atoms with E-state index in [0.717, 1.165) is 16.5 Å². The normalized spacial score (nSPS) is 17.4. The van der Waals surface area contributed by atoms with Gasteiger partial charge in [-0.3, -0.25) is 9.67 Å². The Morgan fingerprint density at radius 3 is 2.53 bits per heavy atom. The second-order valence-corrected chi connectivity index (χ2v) is 5.69. The van der Waals surface area contributed by atoms with Crippen LogP contribution >= 0.6 is 12.2 Å². The number of aromatic amines is 1. The molecule has 15 heavy (non-hydrogen) atoms. The van der Waals surface area contributed by atoms with Crippen molar-refractivity contribution < 1.29 is 0 Å². The van der Waals surface area contributed by atoms with Crippen molar-refractivity contribution in [2.45, 2.75) is 52.0 Å². The molecule has 0 bridgehead atoms. The van der Waals surface area contributed by atoms with Crippen molar-refractivity contribution in [1.82, 2.24) is 14.8 Å². The van der Waals surface area contributed by atoms with Gasteiger partial charge in [0.05, 0.1) is 0 Å². The highest BCUT2D eigenvalue weighted by atomic mass is 32.1. The third kappa shape index (κ3) is 1.75. The van der Waals surface area contributed by atoms with Crippen molar-refractivity contribution in [3.63, 3.8) is 0 Å². The molecule has 1 aliphatic rings. The fourth-order valence-electron chi connectivity index (χ4n) is 2.23. The summed E-state index contributed by atoms with van der Waals surface area (Å²) in [5.41, 5.74) is 0.115. The molecule has 3 nitrogen and oxygen atoms in total. The molecular formula is C11H19N3S. The molecule has 0 unspecified atom stereocenters. The third-order valence-corrected chi connectivity index (χ3v) is 3.64. The lowest BCUT2D eigenvalue weighted by molar-refractivity contribution is 0.288. The second kappa shape index (κ2) is 3.44. The van der Waals surface area contributed by atoms with Crippen molar-refractivity contribution in [1.29, 1.82) is 0 Å². The summed E-state index contributed by atoms with van der Waals surface area (Å²) in [4.78, 5) is 0. The molecule has 0 radical (unpaired) electrons. The lowest BCUT2D eigenvalue weighted by Crippen LogP contribution is -2.31. The summed E-state index contributed by atoms with van der Waals surface area (Å²) < 4.78 is 2.97. The largest absolute Gasteiger partial charge is 0.298 e. The third-order valence-electron chi connectivity index (χ3n) is 3.37. The summed E-state index contributed by atoms with van der Waals surface area (Å²) in [7, 11) is 0. The van der Waals surface area contributed by atoms with Crippen LogP contribution in [0.4, 0.5) is 0 Å². The average molecular weight is 225 g/mol. The summed E-state index contributed by atoms with van der Waals surface area (Å²) in [6, 6.07) is 0. The number of hydrogen-bond donors (Lipinski definition) is 1. The van der Waals surface area contributed by atoms with Crippen molar-refractivity contribution in [2.24, 2.45) is 5.92 Å². The van der Waals surface area contributed by atoms with E-state index in [1.54, 1.807) is 0 Å². The van der Waals surface area contributed by atoms with E-state index in [9.17, 15) is 0 Å². The van der Waals surface area contributed by atoms with Gasteiger partial charge in [-0.15, -0.1) is 0 Å². The molecular weight excluding hydrogens is 206 g/mol. The highest BCUT2D eigenvalue weighted by Crippen LogP contribution is 2.44. The molecule has 1 saturated carbocycles. The van der Waals surface area contributed by atoms with E-state index >= 15 is 0 Å². The van der Waals surface area contributed by atoms with Crippen LogP contribution in [0.25, 0.3) is 0 Å². The Kier molecular flexibility index (Phi) is 2.49. The molecule has 0 amide bonds. The van der Waals surface area contributed by atoms with Crippen molar-refractivity contribution in [3.05, 3.63) is 10.6 Å². The highest BCUT2D eigenvalue weighted by molar-refractivity contribution is 7.71. The van der Waals surface area contributed by atoms with Crippen LogP contribution in [-0.4, -0.2) is 14.8 Å². The minimum atomic E-state index is 0.115. The van der Waals surface area contributed by atoms with E-state index in [0.29, 0.717) is 5.92 Å². The standard InChI is InChI=1S/C11H19N3S/c1-7(2)9-12-13-10(15)14(9)11(3,4)8-5-6-8/h7-8H,5-6H2,1-4H3,(H,13,15). The van der Waals surface area contributed by atoms with E-state index in [1.807, 2.05) is 0 Å². The van der Waals surface area contributed by atoms with E-state index in [1.165, 1.54) is 12.8 Å². The molecule has 1 aromatic rings. The van der Waals surface area contributed by atoms with E-state index in [4.69, 9.17) is 12.2 Å². The fraction of sp³-hybridized carbons (Fsp3) is 0.818.